The molecule has 1 aromatic heterocycles. The van der Waals surface area contributed by atoms with Gasteiger partial charge in [-0.05, 0) is 38.5 Å². The predicted octanol–water partition coefficient (Wildman–Crippen LogP) is 2.92. The Morgan fingerprint density at radius 3 is 2.81 bits per heavy atom. The van der Waals surface area contributed by atoms with Crippen molar-refractivity contribution >= 4 is 11.6 Å². The Kier molecular flexibility index (Phi) is 4.75. The maximum absolute atomic E-state index is 12.2. The van der Waals surface area contributed by atoms with Gasteiger partial charge < -0.3 is 10.1 Å². The summed E-state index contributed by atoms with van der Waals surface area (Å²) in [5.74, 6) is -0.0511. The van der Waals surface area contributed by atoms with Crippen molar-refractivity contribution in [3.63, 3.8) is 0 Å². The topological polar surface area (TPSA) is 67.0 Å². The Balaban J connectivity index is 2.06. The number of methoxy groups -OCH3 is 1. The van der Waals surface area contributed by atoms with Gasteiger partial charge in [-0.25, -0.2) is 0 Å². The summed E-state index contributed by atoms with van der Waals surface area (Å²) < 4.78 is 5.29. The van der Waals surface area contributed by atoms with Crippen LogP contribution in [0.1, 0.15) is 35.5 Å². The summed E-state index contributed by atoms with van der Waals surface area (Å²) in [7, 11) is 1.67. The van der Waals surface area contributed by atoms with Crippen LogP contribution in [0, 0.1) is 13.8 Å². The molecule has 2 rings (SSSR count). The van der Waals surface area contributed by atoms with Crippen LogP contribution in [0.15, 0.2) is 24.3 Å². The number of benzene rings is 1. The Morgan fingerprint density at radius 1 is 1.43 bits per heavy atom. The standard InChI is InChI=1S/C16H21N3O2/c1-10-15(11(2)19-18-10)9-16(20)17-14-7-5-6-13(8-14)12(3)21-4/h5-8,12H,9H2,1-4H3,(H,17,20)(H,18,19). The third kappa shape index (κ3) is 3.70. The van der Waals surface area contributed by atoms with Crippen molar-refractivity contribution < 1.29 is 9.53 Å². The lowest BCUT2D eigenvalue weighted by molar-refractivity contribution is -0.115. The van der Waals surface area contributed by atoms with Gasteiger partial charge in [-0.2, -0.15) is 5.10 Å². The highest BCUT2D eigenvalue weighted by atomic mass is 16.5. The number of H-pyrrole nitrogens is 1. The lowest BCUT2D eigenvalue weighted by Gasteiger charge is -2.12. The van der Waals surface area contributed by atoms with E-state index >= 15 is 0 Å². The molecule has 0 radical (unpaired) electrons. The van der Waals surface area contributed by atoms with E-state index in [1.807, 2.05) is 45.0 Å². The number of hydrogen-bond donors (Lipinski definition) is 2. The SMILES string of the molecule is COC(C)c1cccc(NC(=O)Cc2c(C)n[nH]c2C)c1. The summed E-state index contributed by atoms with van der Waals surface area (Å²) in [5.41, 5.74) is 4.56. The number of nitrogens with zero attached hydrogens (tertiary/aromatic N) is 1. The number of nitrogens with one attached hydrogen (secondary N) is 2. The first-order valence-corrected chi connectivity index (χ1v) is 6.94. The minimum atomic E-state index is -0.0511. The van der Waals surface area contributed by atoms with Crippen molar-refractivity contribution in [2.24, 2.45) is 0 Å². The monoisotopic (exact) mass is 287 g/mol. The highest BCUT2D eigenvalue weighted by Gasteiger charge is 2.12. The van der Waals surface area contributed by atoms with Gasteiger partial charge in [0, 0.05) is 24.1 Å². The quantitative estimate of drug-likeness (QED) is 0.888. The molecular weight excluding hydrogens is 266 g/mol. The smallest absolute Gasteiger partial charge is 0.228 e. The van der Waals surface area contributed by atoms with E-state index in [0.29, 0.717) is 6.42 Å². The van der Waals surface area contributed by atoms with Crippen molar-refractivity contribution in [2.75, 3.05) is 12.4 Å². The normalized spacial score (nSPS) is 12.2. The van der Waals surface area contributed by atoms with Crippen molar-refractivity contribution in [1.29, 1.82) is 0 Å². The van der Waals surface area contributed by atoms with Gasteiger partial charge in [0.15, 0.2) is 0 Å². The van der Waals surface area contributed by atoms with E-state index in [4.69, 9.17) is 4.74 Å². The third-order valence-corrected chi connectivity index (χ3v) is 3.61. The summed E-state index contributed by atoms with van der Waals surface area (Å²) in [6.07, 6.45) is 0.318. The number of hydrogen-bond acceptors (Lipinski definition) is 3. The average Bonchev–Trinajstić information content (AvgIpc) is 2.78. The summed E-state index contributed by atoms with van der Waals surface area (Å²) >= 11 is 0. The molecule has 1 aromatic carbocycles. The van der Waals surface area contributed by atoms with Crippen LogP contribution in [-0.4, -0.2) is 23.2 Å². The Morgan fingerprint density at radius 2 is 2.19 bits per heavy atom. The minimum absolute atomic E-state index is 0.000199. The average molecular weight is 287 g/mol. The Labute approximate surface area is 124 Å². The zero-order valence-corrected chi connectivity index (χ0v) is 12.9. The van der Waals surface area contributed by atoms with Crippen LogP contribution in [-0.2, 0) is 16.0 Å². The maximum atomic E-state index is 12.2. The van der Waals surface area contributed by atoms with Crippen LogP contribution in [0.5, 0.6) is 0 Å². The molecule has 5 nitrogen and oxygen atoms in total. The molecule has 1 amide bonds. The molecule has 5 heteroatoms. The highest BCUT2D eigenvalue weighted by molar-refractivity contribution is 5.92. The molecule has 0 saturated heterocycles. The van der Waals surface area contributed by atoms with E-state index in [9.17, 15) is 4.79 Å². The molecule has 0 fully saturated rings. The Hall–Kier alpha value is -2.14. The van der Waals surface area contributed by atoms with Crippen molar-refractivity contribution in [2.45, 2.75) is 33.3 Å². The molecule has 1 heterocycles. The minimum Gasteiger partial charge on any atom is -0.377 e. The van der Waals surface area contributed by atoms with Gasteiger partial charge in [-0.3, -0.25) is 9.89 Å². The first kappa shape index (κ1) is 15.3. The van der Waals surface area contributed by atoms with Crippen LogP contribution in [0.25, 0.3) is 0 Å². The second-order valence-corrected chi connectivity index (χ2v) is 5.14. The van der Waals surface area contributed by atoms with Gasteiger partial charge >= 0.3 is 0 Å². The lowest BCUT2D eigenvalue weighted by atomic mass is 10.1. The summed E-state index contributed by atoms with van der Waals surface area (Å²) in [5, 5.41) is 9.91. The lowest BCUT2D eigenvalue weighted by Crippen LogP contribution is -2.15. The van der Waals surface area contributed by atoms with Gasteiger partial charge in [-0.1, -0.05) is 12.1 Å². The zero-order chi connectivity index (χ0) is 15.4. The first-order chi connectivity index (χ1) is 10.0. The number of carbonyl (C=O) groups excluding carboxylic acids is 1. The zero-order valence-electron chi connectivity index (χ0n) is 12.9. The van der Waals surface area contributed by atoms with E-state index in [1.54, 1.807) is 7.11 Å². The molecule has 0 aliphatic heterocycles. The van der Waals surface area contributed by atoms with E-state index in [0.717, 1.165) is 28.2 Å². The highest BCUT2D eigenvalue weighted by Crippen LogP contribution is 2.20. The van der Waals surface area contributed by atoms with Gasteiger partial charge in [-0.15, -0.1) is 0 Å². The van der Waals surface area contributed by atoms with Crippen molar-refractivity contribution in [3.8, 4) is 0 Å². The van der Waals surface area contributed by atoms with Crippen LogP contribution in [0.2, 0.25) is 0 Å². The largest absolute Gasteiger partial charge is 0.377 e. The first-order valence-electron chi connectivity index (χ1n) is 6.94. The molecule has 0 spiro atoms. The fourth-order valence-electron chi connectivity index (χ4n) is 2.21. The van der Waals surface area contributed by atoms with Crippen molar-refractivity contribution in [1.82, 2.24) is 10.2 Å². The second kappa shape index (κ2) is 6.54. The number of amides is 1. The number of anilines is 1. The van der Waals surface area contributed by atoms with Crippen LogP contribution >= 0.6 is 0 Å². The number of aromatic nitrogens is 2. The predicted molar refractivity (Wildman–Crippen MR) is 82.3 cm³/mol. The molecule has 2 N–H and O–H groups in total. The molecule has 0 aliphatic carbocycles. The molecule has 2 aromatic rings. The maximum Gasteiger partial charge on any atom is 0.228 e. The molecule has 0 aliphatic rings. The van der Waals surface area contributed by atoms with Crippen molar-refractivity contribution in [3.05, 3.63) is 46.8 Å². The van der Waals surface area contributed by atoms with Crippen LogP contribution in [0.3, 0.4) is 0 Å². The third-order valence-electron chi connectivity index (χ3n) is 3.61. The van der Waals surface area contributed by atoms with Crippen LogP contribution in [0.4, 0.5) is 5.69 Å². The molecule has 1 unspecified atom stereocenters. The van der Waals surface area contributed by atoms with Crippen LogP contribution < -0.4 is 5.32 Å². The molecule has 0 saturated carbocycles. The number of rotatable bonds is 5. The molecule has 21 heavy (non-hydrogen) atoms. The molecule has 0 bridgehead atoms. The summed E-state index contributed by atoms with van der Waals surface area (Å²) in [6.45, 7) is 5.79. The van der Waals surface area contributed by atoms with Gasteiger partial charge in [0.05, 0.1) is 18.2 Å². The summed E-state index contributed by atoms with van der Waals surface area (Å²) in [6, 6.07) is 7.70. The number of aromatic amines is 1. The molecular formula is C16H21N3O2. The van der Waals surface area contributed by atoms with E-state index in [2.05, 4.69) is 15.5 Å². The fourth-order valence-corrected chi connectivity index (χ4v) is 2.21. The second-order valence-electron chi connectivity index (χ2n) is 5.14. The van der Waals surface area contributed by atoms with Gasteiger partial charge in [0.2, 0.25) is 5.91 Å². The van der Waals surface area contributed by atoms with E-state index < -0.39 is 0 Å². The van der Waals surface area contributed by atoms with Gasteiger partial charge in [0.25, 0.3) is 0 Å². The number of aryl methyl sites for hydroxylation is 2. The fraction of sp³-hybridized carbons (Fsp3) is 0.375. The van der Waals surface area contributed by atoms with Gasteiger partial charge in [0.1, 0.15) is 0 Å². The van der Waals surface area contributed by atoms with E-state index in [1.165, 1.54) is 0 Å². The number of carbonyl (C=O) groups is 1. The molecule has 112 valence electrons. The Bertz CT molecular complexity index is 615. The van der Waals surface area contributed by atoms with E-state index in [-0.39, 0.29) is 12.0 Å². The molecule has 1 atom stereocenters. The summed E-state index contributed by atoms with van der Waals surface area (Å²) in [4.78, 5) is 12.2. The number of ether oxygens (including phenoxy) is 1.